The minimum absolute atomic E-state index is 0.226. The lowest BCUT2D eigenvalue weighted by molar-refractivity contribution is 0.334. The summed E-state index contributed by atoms with van der Waals surface area (Å²) in [5.74, 6) is 1.17. The van der Waals surface area contributed by atoms with Crippen LogP contribution >= 0.6 is 0 Å². The average molecular weight is 281 g/mol. The van der Waals surface area contributed by atoms with Crippen LogP contribution in [0.1, 0.15) is 44.9 Å². The maximum absolute atomic E-state index is 8.74. The first-order valence-corrected chi connectivity index (χ1v) is 7.44. The quantitative estimate of drug-likeness (QED) is 0.262. The molecule has 1 aliphatic carbocycles. The molecule has 0 aliphatic heterocycles. The van der Waals surface area contributed by atoms with E-state index >= 15 is 0 Å². The molecule has 1 rings (SSSR count). The fourth-order valence-corrected chi connectivity index (χ4v) is 2.06. The lowest BCUT2D eigenvalue weighted by Crippen LogP contribution is -2.23. The SMILES string of the molecule is NC(N)=NCCCC1CCCCC1.O=S(=O)(O)O. The van der Waals surface area contributed by atoms with E-state index in [1.807, 2.05) is 0 Å². The van der Waals surface area contributed by atoms with Crippen molar-refractivity contribution in [1.29, 1.82) is 0 Å². The molecule has 0 bridgehead atoms. The van der Waals surface area contributed by atoms with Gasteiger partial charge >= 0.3 is 10.4 Å². The molecule has 8 heteroatoms. The maximum atomic E-state index is 8.74. The highest BCUT2D eigenvalue weighted by Gasteiger charge is 2.12. The van der Waals surface area contributed by atoms with Crippen LogP contribution in [0.25, 0.3) is 0 Å². The molecule has 1 aliphatic rings. The lowest BCUT2D eigenvalue weighted by Gasteiger charge is -2.20. The summed E-state index contributed by atoms with van der Waals surface area (Å²) < 4.78 is 31.6. The number of aliphatic imine (C=N–C) groups is 1. The van der Waals surface area contributed by atoms with E-state index in [-0.39, 0.29) is 5.96 Å². The Kier molecular flexibility index (Phi) is 8.69. The first kappa shape index (κ1) is 17.1. The molecule has 0 saturated heterocycles. The van der Waals surface area contributed by atoms with Crippen LogP contribution < -0.4 is 11.5 Å². The van der Waals surface area contributed by atoms with E-state index in [2.05, 4.69) is 4.99 Å². The number of nitrogens with zero attached hydrogens (tertiary/aromatic N) is 1. The fourth-order valence-electron chi connectivity index (χ4n) is 2.06. The van der Waals surface area contributed by atoms with Crippen LogP contribution in [-0.4, -0.2) is 30.0 Å². The molecule has 0 spiro atoms. The minimum Gasteiger partial charge on any atom is -0.370 e. The Bertz CT molecular complexity index is 325. The second-order valence-corrected chi connectivity index (χ2v) is 5.30. The van der Waals surface area contributed by atoms with Crippen molar-refractivity contribution in [3.8, 4) is 0 Å². The number of guanidine groups is 1. The highest BCUT2D eigenvalue weighted by Crippen LogP contribution is 2.26. The zero-order chi connectivity index (χ0) is 14.0. The summed E-state index contributed by atoms with van der Waals surface area (Å²) in [5.41, 5.74) is 10.5. The van der Waals surface area contributed by atoms with Crippen LogP contribution in [0.15, 0.2) is 4.99 Å². The Morgan fingerprint density at radius 1 is 1.17 bits per heavy atom. The molecule has 1 fully saturated rings. The second kappa shape index (κ2) is 9.12. The van der Waals surface area contributed by atoms with E-state index in [4.69, 9.17) is 29.0 Å². The summed E-state index contributed by atoms with van der Waals surface area (Å²) in [4.78, 5) is 3.98. The van der Waals surface area contributed by atoms with E-state index in [1.54, 1.807) is 0 Å². The minimum atomic E-state index is -4.67. The Morgan fingerprint density at radius 3 is 2.11 bits per heavy atom. The third-order valence-electron chi connectivity index (χ3n) is 2.79. The Morgan fingerprint density at radius 2 is 1.67 bits per heavy atom. The average Bonchev–Trinajstić information content (AvgIpc) is 2.23. The molecule has 1 saturated carbocycles. The van der Waals surface area contributed by atoms with E-state index in [9.17, 15) is 0 Å². The van der Waals surface area contributed by atoms with Gasteiger partial charge in [-0.2, -0.15) is 8.42 Å². The fraction of sp³-hybridized carbons (Fsp3) is 0.900. The van der Waals surface area contributed by atoms with Gasteiger partial charge in [0.25, 0.3) is 0 Å². The molecule has 0 unspecified atom stereocenters. The van der Waals surface area contributed by atoms with E-state index < -0.39 is 10.4 Å². The number of rotatable bonds is 4. The Balaban J connectivity index is 0.000000494. The second-order valence-electron chi connectivity index (χ2n) is 4.40. The molecule has 0 aromatic carbocycles. The van der Waals surface area contributed by atoms with Crippen molar-refractivity contribution in [2.45, 2.75) is 44.9 Å². The van der Waals surface area contributed by atoms with Crippen LogP contribution in [0.4, 0.5) is 0 Å². The predicted octanol–water partition coefficient (Wildman–Crippen LogP) is 0.967. The van der Waals surface area contributed by atoms with Gasteiger partial charge in [0.05, 0.1) is 0 Å². The van der Waals surface area contributed by atoms with E-state index in [0.29, 0.717) is 0 Å². The number of hydrogen-bond donors (Lipinski definition) is 4. The van der Waals surface area contributed by atoms with Crippen molar-refractivity contribution in [3.63, 3.8) is 0 Å². The van der Waals surface area contributed by atoms with Crippen molar-refractivity contribution < 1.29 is 17.5 Å². The molecule has 0 heterocycles. The van der Waals surface area contributed by atoms with Gasteiger partial charge in [0, 0.05) is 6.54 Å². The van der Waals surface area contributed by atoms with Crippen molar-refractivity contribution in [2.75, 3.05) is 6.54 Å². The maximum Gasteiger partial charge on any atom is 0.394 e. The molecule has 6 N–H and O–H groups in total. The van der Waals surface area contributed by atoms with Crippen LogP contribution in [0.3, 0.4) is 0 Å². The molecule has 108 valence electrons. The Labute approximate surface area is 108 Å². The van der Waals surface area contributed by atoms with Gasteiger partial charge in [0.15, 0.2) is 5.96 Å². The molecule has 0 radical (unpaired) electrons. The number of hydrogen-bond acceptors (Lipinski definition) is 3. The van der Waals surface area contributed by atoms with Crippen molar-refractivity contribution in [2.24, 2.45) is 22.4 Å². The van der Waals surface area contributed by atoms with E-state index in [0.717, 1.165) is 18.9 Å². The summed E-state index contributed by atoms with van der Waals surface area (Å²) >= 11 is 0. The molecular weight excluding hydrogens is 258 g/mol. The lowest BCUT2D eigenvalue weighted by atomic mass is 9.86. The Hall–Kier alpha value is -0.860. The predicted molar refractivity (Wildman–Crippen MR) is 70.7 cm³/mol. The highest BCUT2D eigenvalue weighted by molar-refractivity contribution is 7.79. The molecule has 0 atom stereocenters. The first-order valence-electron chi connectivity index (χ1n) is 6.04. The topological polar surface area (TPSA) is 139 Å². The van der Waals surface area contributed by atoms with Gasteiger partial charge in [-0.25, -0.2) is 0 Å². The van der Waals surface area contributed by atoms with Gasteiger partial charge in [-0.1, -0.05) is 32.1 Å². The molecule has 7 nitrogen and oxygen atoms in total. The third-order valence-corrected chi connectivity index (χ3v) is 2.79. The van der Waals surface area contributed by atoms with Gasteiger partial charge < -0.3 is 11.5 Å². The summed E-state index contributed by atoms with van der Waals surface area (Å²) in [6, 6.07) is 0. The number of nitrogens with two attached hydrogens (primary N) is 2. The van der Waals surface area contributed by atoms with Crippen molar-refractivity contribution in [1.82, 2.24) is 0 Å². The van der Waals surface area contributed by atoms with Crippen LogP contribution in [-0.2, 0) is 10.4 Å². The summed E-state index contributed by atoms with van der Waals surface area (Å²) in [7, 11) is -4.67. The van der Waals surface area contributed by atoms with Crippen LogP contribution in [0.2, 0.25) is 0 Å². The van der Waals surface area contributed by atoms with Gasteiger partial charge in [-0.3, -0.25) is 14.1 Å². The molecule has 0 aromatic heterocycles. The summed E-state index contributed by atoms with van der Waals surface area (Å²) in [6.45, 7) is 0.804. The third kappa shape index (κ3) is 15.1. The first-order chi connectivity index (χ1) is 8.29. The summed E-state index contributed by atoms with van der Waals surface area (Å²) in [6.07, 6.45) is 9.56. The van der Waals surface area contributed by atoms with Gasteiger partial charge in [-0.05, 0) is 18.8 Å². The monoisotopic (exact) mass is 281 g/mol. The standard InChI is InChI=1S/C10H21N3.H2O4S/c11-10(12)13-8-4-7-9-5-2-1-3-6-9;1-5(2,3)4/h9H,1-8H2,(H4,11,12,13);(H2,1,2,3,4). The molecular formula is C10H23N3O4S. The van der Waals surface area contributed by atoms with Crippen LogP contribution in [0, 0.1) is 5.92 Å². The zero-order valence-electron chi connectivity index (χ0n) is 10.5. The molecule has 0 amide bonds. The van der Waals surface area contributed by atoms with Crippen LogP contribution in [0.5, 0.6) is 0 Å². The van der Waals surface area contributed by atoms with Crippen molar-refractivity contribution in [3.05, 3.63) is 0 Å². The van der Waals surface area contributed by atoms with Gasteiger partial charge in [0.1, 0.15) is 0 Å². The molecule has 18 heavy (non-hydrogen) atoms. The van der Waals surface area contributed by atoms with Gasteiger partial charge in [0.2, 0.25) is 0 Å². The highest BCUT2D eigenvalue weighted by atomic mass is 32.3. The zero-order valence-corrected chi connectivity index (χ0v) is 11.3. The summed E-state index contributed by atoms with van der Waals surface area (Å²) in [5, 5.41) is 0. The smallest absolute Gasteiger partial charge is 0.370 e. The van der Waals surface area contributed by atoms with E-state index in [1.165, 1.54) is 38.5 Å². The normalized spacial score (nSPS) is 16.6. The van der Waals surface area contributed by atoms with Crippen molar-refractivity contribution >= 4 is 16.4 Å². The largest absolute Gasteiger partial charge is 0.394 e. The van der Waals surface area contributed by atoms with Gasteiger partial charge in [-0.15, -0.1) is 0 Å². The molecule has 0 aromatic rings.